The van der Waals surface area contributed by atoms with Crippen molar-refractivity contribution in [2.75, 3.05) is 31.1 Å². The fraction of sp³-hybridized carbons (Fsp3) is 0.250. The average molecular weight is 462 g/mol. The van der Waals surface area contributed by atoms with Crippen molar-refractivity contribution < 1.29 is 21.6 Å². The summed E-state index contributed by atoms with van der Waals surface area (Å²) in [5, 5.41) is 12.5. The number of nitrogens with zero attached hydrogens (tertiary/aromatic N) is 6. The van der Waals surface area contributed by atoms with E-state index in [1.165, 1.54) is 10.4 Å². The van der Waals surface area contributed by atoms with Gasteiger partial charge >= 0.3 is 6.18 Å². The molecule has 12 heteroatoms. The first-order valence-electron chi connectivity index (χ1n) is 9.77. The minimum absolute atomic E-state index is 0.0152. The number of rotatable bonds is 3. The fourth-order valence-electron chi connectivity index (χ4n) is 3.76. The molecule has 2 aromatic carbocycles. The molecule has 2 aromatic heterocycles. The minimum atomic E-state index is -4.68. The van der Waals surface area contributed by atoms with E-state index in [-0.39, 0.29) is 36.7 Å². The molecule has 0 amide bonds. The van der Waals surface area contributed by atoms with Gasteiger partial charge in [0, 0.05) is 26.2 Å². The van der Waals surface area contributed by atoms with E-state index < -0.39 is 22.0 Å². The molecule has 0 bridgehead atoms. The Balaban J connectivity index is 1.36. The maximum absolute atomic E-state index is 13.1. The van der Waals surface area contributed by atoms with Gasteiger partial charge in [-0.15, -0.1) is 15.3 Å². The molecule has 8 nitrogen and oxygen atoms in total. The molecule has 32 heavy (non-hydrogen) atoms. The van der Waals surface area contributed by atoms with Gasteiger partial charge in [-0.2, -0.15) is 22.0 Å². The number of halogens is 3. The van der Waals surface area contributed by atoms with E-state index in [1.807, 2.05) is 24.3 Å². The lowest BCUT2D eigenvalue weighted by atomic mass is 10.1. The van der Waals surface area contributed by atoms with E-state index in [0.717, 1.165) is 10.8 Å². The highest BCUT2D eigenvalue weighted by Crippen LogP contribution is 2.28. The topological polar surface area (TPSA) is 83.7 Å². The van der Waals surface area contributed by atoms with Gasteiger partial charge in [-0.05, 0) is 35.0 Å². The predicted molar refractivity (Wildman–Crippen MR) is 111 cm³/mol. The highest BCUT2D eigenvalue weighted by atomic mass is 32.2. The van der Waals surface area contributed by atoms with Crippen molar-refractivity contribution in [2.45, 2.75) is 11.1 Å². The third-order valence-electron chi connectivity index (χ3n) is 5.42. The SMILES string of the molecule is O=S(=O)(c1ccc2ccccc2c1)N1CCN(c2ccc3nnc(C(F)(F)F)n3n2)CC1. The number of benzene rings is 2. The normalized spacial score (nSPS) is 16.2. The molecule has 3 heterocycles. The first kappa shape index (κ1) is 20.6. The zero-order valence-electron chi connectivity index (χ0n) is 16.6. The highest BCUT2D eigenvalue weighted by molar-refractivity contribution is 7.89. The van der Waals surface area contributed by atoms with Crippen LogP contribution in [0, 0.1) is 0 Å². The number of hydrogen-bond donors (Lipinski definition) is 0. The van der Waals surface area contributed by atoms with Gasteiger partial charge in [-0.25, -0.2) is 8.42 Å². The molecular weight excluding hydrogens is 445 g/mol. The van der Waals surface area contributed by atoms with Crippen LogP contribution >= 0.6 is 0 Å². The summed E-state index contributed by atoms with van der Waals surface area (Å²) in [6.07, 6.45) is -4.68. The molecule has 0 N–H and O–H groups in total. The summed E-state index contributed by atoms with van der Waals surface area (Å²) in [6, 6.07) is 15.5. The Morgan fingerprint density at radius 1 is 0.844 bits per heavy atom. The first-order chi connectivity index (χ1) is 15.2. The Kier molecular flexibility index (Phi) is 4.78. The van der Waals surface area contributed by atoms with Crippen LogP contribution < -0.4 is 4.90 Å². The molecule has 0 aliphatic carbocycles. The second-order valence-electron chi connectivity index (χ2n) is 7.38. The van der Waals surface area contributed by atoms with E-state index in [2.05, 4.69) is 15.3 Å². The number of aromatic nitrogens is 4. The van der Waals surface area contributed by atoms with Crippen molar-refractivity contribution in [3.8, 4) is 0 Å². The van der Waals surface area contributed by atoms with E-state index in [9.17, 15) is 21.6 Å². The summed E-state index contributed by atoms with van der Waals surface area (Å²) in [5.74, 6) is -0.905. The number of fused-ring (bicyclic) bond motifs is 2. The van der Waals surface area contributed by atoms with Crippen LogP contribution in [-0.4, -0.2) is 58.7 Å². The lowest BCUT2D eigenvalue weighted by molar-refractivity contribution is -0.146. The molecule has 4 aromatic rings. The van der Waals surface area contributed by atoms with Crippen LogP contribution in [0.3, 0.4) is 0 Å². The summed E-state index contributed by atoms with van der Waals surface area (Å²) >= 11 is 0. The number of hydrogen-bond acceptors (Lipinski definition) is 6. The molecule has 0 radical (unpaired) electrons. The van der Waals surface area contributed by atoms with Crippen LogP contribution in [0.4, 0.5) is 19.0 Å². The molecule has 1 aliphatic rings. The molecular formula is C20H17F3N6O2S. The number of sulfonamides is 1. The Hall–Kier alpha value is -3.25. The van der Waals surface area contributed by atoms with Crippen molar-refractivity contribution in [3.05, 3.63) is 60.4 Å². The van der Waals surface area contributed by atoms with Crippen LogP contribution in [0.1, 0.15) is 5.82 Å². The molecule has 1 aliphatic heterocycles. The first-order valence-corrected chi connectivity index (χ1v) is 11.2. The van der Waals surface area contributed by atoms with Crippen LogP contribution in [0.5, 0.6) is 0 Å². The molecule has 0 unspecified atom stereocenters. The number of anilines is 1. The van der Waals surface area contributed by atoms with Gasteiger partial charge in [-0.1, -0.05) is 30.3 Å². The lowest BCUT2D eigenvalue weighted by Gasteiger charge is -2.34. The van der Waals surface area contributed by atoms with Crippen molar-refractivity contribution in [2.24, 2.45) is 0 Å². The van der Waals surface area contributed by atoms with Crippen molar-refractivity contribution in [3.63, 3.8) is 0 Å². The lowest BCUT2D eigenvalue weighted by Crippen LogP contribution is -2.49. The summed E-state index contributed by atoms with van der Waals surface area (Å²) in [5.41, 5.74) is -0.0152. The third kappa shape index (κ3) is 3.54. The van der Waals surface area contributed by atoms with E-state index in [0.29, 0.717) is 10.3 Å². The molecule has 1 saturated heterocycles. The largest absolute Gasteiger partial charge is 0.453 e. The van der Waals surface area contributed by atoms with E-state index >= 15 is 0 Å². The van der Waals surface area contributed by atoms with Crippen LogP contribution in [0.15, 0.2) is 59.5 Å². The Morgan fingerprint density at radius 2 is 1.56 bits per heavy atom. The maximum atomic E-state index is 13.1. The van der Waals surface area contributed by atoms with Crippen molar-refractivity contribution in [1.82, 2.24) is 24.1 Å². The summed E-state index contributed by atoms with van der Waals surface area (Å²) < 4.78 is 67.6. The standard InChI is InChI=1S/C20H17F3N6O2S/c21-20(22,23)19-25-24-17-7-8-18(26-29(17)19)27-9-11-28(12-10-27)32(30,31)16-6-5-14-3-1-2-4-15(14)13-16/h1-8,13H,9-12H2. The molecule has 5 rings (SSSR count). The molecule has 166 valence electrons. The monoisotopic (exact) mass is 462 g/mol. The van der Waals surface area contributed by atoms with Gasteiger partial charge in [0.05, 0.1) is 4.90 Å². The van der Waals surface area contributed by atoms with Crippen LogP contribution in [0.2, 0.25) is 0 Å². The van der Waals surface area contributed by atoms with Gasteiger partial charge < -0.3 is 4.90 Å². The zero-order valence-corrected chi connectivity index (χ0v) is 17.4. The Labute approximate surface area is 180 Å². The molecule has 1 fully saturated rings. The van der Waals surface area contributed by atoms with Gasteiger partial charge in [0.15, 0.2) is 5.65 Å². The van der Waals surface area contributed by atoms with E-state index in [4.69, 9.17) is 0 Å². The smallest absolute Gasteiger partial charge is 0.353 e. The van der Waals surface area contributed by atoms with Crippen LogP contribution in [-0.2, 0) is 16.2 Å². The van der Waals surface area contributed by atoms with Gasteiger partial charge in [0.25, 0.3) is 5.82 Å². The van der Waals surface area contributed by atoms with Crippen molar-refractivity contribution in [1.29, 1.82) is 0 Å². The second kappa shape index (κ2) is 7.41. The van der Waals surface area contributed by atoms with Crippen LogP contribution in [0.25, 0.3) is 16.4 Å². The molecule has 0 spiro atoms. The third-order valence-corrected chi connectivity index (χ3v) is 7.32. The molecule has 0 atom stereocenters. The Bertz CT molecular complexity index is 1410. The number of piperazine rings is 1. The minimum Gasteiger partial charge on any atom is -0.353 e. The maximum Gasteiger partial charge on any atom is 0.453 e. The predicted octanol–water partition coefficient (Wildman–Crippen LogP) is 2.81. The highest BCUT2D eigenvalue weighted by Gasteiger charge is 2.38. The average Bonchev–Trinajstić information content (AvgIpc) is 3.23. The second-order valence-corrected chi connectivity index (χ2v) is 9.32. The van der Waals surface area contributed by atoms with Gasteiger partial charge in [-0.3, -0.25) is 0 Å². The van der Waals surface area contributed by atoms with Gasteiger partial charge in [0.1, 0.15) is 5.82 Å². The summed E-state index contributed by atoms with van der Waals surface area (Å²) in [6.45, 7) is 0.940. The van der Waals surface area contributed by atoms with Crippen molar-refractivity contribution >= 4 is 32.3 Å². The zero-order chi connectivity index (χ0) is 22.5. The quantitative estimate of drug-likeness (QED) is 0.466. The summed E-state index contributed by atoms with van der Waals surface area (Å²) in [7, 11) is -3.70. The number of alkyl halides is 3. The Morgan fingerprint density at radius 3 is 2.28 bits per heavy atom. The summed E-state index contributed by atoms with van der Waals surface area (Å²) in [4.78, 5) is 1.95. The molecule has 0 saturated carbocycles. The van der Waals surface area contributed by atoms with E-state index in [1.54, 1.807) is 29.2 Å². The fourth-order valence-corrected chi connectivity index (χ4v) is 5.22. The van der Waals surface area contributed by atoms with Gasteiger partial charge in [0.2, 0.25) is 10.0 Å².